The molecule has 0 fully saturated rings. The van der Waals surface area contributed by atoms with Gasteiger partial charge in [0.1, 0.15) is 0 Å². The molecular weight excluding hydrogens is 466 g/mol. The van der Waals surface area contributed by atoms with E-state index in [1.165, 1.54) is 30.1 Å². The molecule has 1 aliphatic rings. The molecule has 0 aliphatic carbocycles. The van der Waals surface area contributed by atoms with Crippen molar-refractivity contribution in [2.24, 2.45) is 4.99 Å². The Balaban J connectivity index is 1.88. The zero-order valence-corrected chi connectivity index (χ0v) is 20.9. The number of hydrogen-bond acceptors (Lipinski definition) is 8. The van der Waals surface area contributed by atoms with Crippen LogP contribution in [0, 0.1) is 0 Å². The summed E-state index contributed by atoms with van der Waals surface area (Å²) in [6.07, 6.45) is 1.82. The van der Waals surface area contributed by atoms with Crippen molar-refractivity contribution in [2.75, 3.05) is 33.2 Å². The van der Waals surface area contributed by atoms with Gasteiger partial charge >= 0.3 is 11.9 Å². The third-order valence-corrected chi connectivity index (χ3v) is 6.76. The van der Waals surface area contributed by atoms with Crippen molar-refractivity contribution in [3.63, 3.8) is 0 Å². The molecular formula is C26H25N3O5S. The zero-order valence-electron chi connectivity index (χ0n) is 20.1. The van der Waals surface area contributed by atoms with Crippen molar-refractivity contribution in [2.45, 2.75) is 13.0 Å². The summed E-state index contributed by atoms with van der Waals surface area (Å²) in [5.74, 6) is -1.04. The van der Waals surface area contributed by atoms with Crippen molar-refractivity contribution in [3.8, 4) is 0 Å². The average Bonchev–Trinajstić information content (AvgIpc) is 3.16. The fourth-order valence-electron chi connectivity index (χ4n) is 3.95. The van der Waals surface area contributed by atoms with E-state index in [-0.39, 0.29) is 11.1 Å². The van der Waals surface area contributed by atoms with Gasteiger partial charge in [0.25, 0.3) is 5.56 Å². The number of hydrogen-bond donors (Lipinski definition) is 0. The highest BCUT2D eigenvalue weighted by atomic mass is 32.1. The average molecular weight is 492 g/mol. The van der Waals surface area contributed by atoms with Gasteiger partial charge < -0.3 is 14.4 Å². The molecule has 0 radical (unpaired) electrons. The van der Waals surface area contributed by atoms with Crippen LogP contribution in [0.1, 0.15) is 34.5 Å². The molecule has 8 nitrogen and oxygen atoms in total. The minimum absolute atomic E-state index is 0.263. The summed E-state index contributed by atoms with van der Waals surface area (Å²) in [4.78, 5) is 45.3. The number of allylic oxidation sites excluding steroid dienone is 1. The second kappa shape index (κ2) is 9.71. The third-order valence-electron chi connectivity index (χ3n) is 5.78. The molecule has 4 rings (SSSR count). The Kier molecular flexibility index (Phi) is 6.70. The lowest BCUT2D eigenvalue weighted by atomic mass is 9.95. The third kappa shape index (κ3) is 4.54. The van der Waals surface area contributed by atoms with E-state index in [2.05, 4.69) is 4.99 Å². The van der Waals surface area contributed by atoms with Crippen LogP contribution in [-0.2, 0) is 14.3 Å². The number of anilines is 1. The highest BCUT2D eigenvalue weighted by molar-refractivity contribution is 7.07. The summed E-state index contributed by atoms with van der Waals surface area (Å²) in [7, 11) is 6.53. The molecule has 0 saturated carbocycles. The Hall–Kier alpha value is -3.98. The highest BCUT2D eigenvalue weighted by Gasteiger charge is 2.33. The molecule has 0 spiro atoms. The number of ether oxygens (including phenoxy) is 2. The second-order valence-corrected chi connectivity index (χ2v) is 9.18. The molecule has 0 amide bonds. The monoisotopic (exact) mass is 491 g/mol. The van der Waals surface area contributed by atoms with Crippen molar-refractivity contribution in [1.82, 2.24) is 4.57 Å². The molecule has 1 aliphatic heterocycles. The van der Waals surface area contributed by atoms with Crippen LogP contribution < -0.4 is 19.8 Å². The fraction of sp³-hybridized carbons (Fsp3) is 0.231. The van der Waals surface area contributed by atoms with Crippen LogP contribution in [0.5, 0.6) is 0 Å². The lowest BCUT2D eigenvalue weighted by Crippen LogP contribution is -2.39. The summed E-state index contributed by atoms with van der Waals surface area (Å²) >= 11 is 1.26. The van der Waals surface area contributed by atoms with Crippen LogP contribution in [0.25, 0.3) is 6.08 Å². The molecule has 180 valence electrons. The van der Waals surface area contributed by atoms with E-state index in [1.54, 1.807) is 31.2 Å². The van der Waals surface area contributed by atoms with Gasteiger partial charge in [0.15, 0.2) is 4.80 Å². The number of carbonyl (C=O) groups excluding carboxylic acids is 2. The minimum Gasteiger partial charge on any atom is -0.466 e. The summed E-state index contributed by atoms with van der Waals surface area (Å²) in [6.45, 7) is 1.72. The van der Waals surface area contributed by atoms with E-state index in [4.69, 9.17) is 9.47 Å². The van der Waals surface area contributed by atoms with Crippen LogP contribution in [0.3, 0.4) is 0 Å². The Labute approximate surface area is 206 Å². The summed E-state index contributed by atoms with van der Waals surface area (Å²) in [5, 5.41) is 0. The maximum absolute atomic E-state index is 13.6. The fourth-order valence-corrected chi connectivity index (χ4v) is 4.99. The second-order valence-electron chi connectivity index (χ2n) is 8.17. The van der Waals surface area contributed by atoms with Crippen LogP contribution in [-0.4, -0.2) is 44.8 Å². The highest BCUT2D eigenvalue weighted by Crippen LogP contribution is 2.30. The first-order valence-electron chi connectivity index (χ1n) is 10.8. The van der Waals surface area contributed by atoms with Gasteiger partial charge in [0, 0.05) is 19.8 Å². The number of aromatic nitrogens is 1. The molecule has 1 unspecified atom stereocenters. The largest absolute Gasteiger partial charge is 0.466 e. The minimum atomic E-state index is -0.747. The van der Waals surface area contributed by atoms with E-state index in [9.17, 15) is 14.4 Å². The first-order valence-corrected chi connectivity index (χ1v) is 11.6. The van der Waals surface area contributed by atoms with E-state index in [0.717, 1.165) is 11.3 Å². The van der Waals surface area contributed by atoms with Crippen molar-refractivity contribution in [1.29, 1.82) is 0 Å². The topological polar surface area (TPSA) is 90.2 Å². The van der Waals surface area contributed by atoms with Gasteiger partial charge in [-0.25, -0.2) is 14.6 Å². The van der Waals surface area contributed by atoms with Crippen LogP contribution in [0.4, 0.5) is 5.69 Å². The number of rotatable bonds is 5. The zero-order chi connectivity index (χ0) is 25.3. The maximum atomic E-state index is 13.6. The van der Waals surface area contributed by atoms with Crippen molar-refractivity contribution >= 4 is 35.0 Å². The molecule has 1 aromatic heterocycles. The van der Waals surface area contributed by atoms with E-state index in [0.29, 0.717) is 26.2 Å². The molecule has 0 N–H and O–H groups in total. The standard InChI is InChI=1S/C26H25N3O5S/c1-15-21(25(32)34-5)22(17-8-10-18(11-9-17)24(31)33-4)29-23(30)20(35-26(29)27-15)14-16-6-12-19(13-7-16)28(2)3/h6-14,22H,1-5H3. The van der Waals surface area contributed by atoms with Crippen LogP contribution in [0.2, 0.25) is 0 Å². The number of thiazole rings is 1. The van der Waals surface area contributed by atoms with Crippen LogP contribution in [0.15, 0.2) is 69.6 Å². The maximum Gasteiger partial charge on any atom is 0.338 e. The lowest BCUT2D eigenvalue weighted by molar-refractivity contribution is -0.136. The Morgan fingerprint density at radius 2 is 1.63 bits per heavy atom. The smallest absolute Gasteiger partial charge is 0.338 e. The Bertz CT molecular complexity index is 1500. The molecule has 9 heteroatoms. The van der Waals surface area contributed by atoms with Gasteiger partial charge in [-0.1, -0.05) is 35.6 Å². The van der Waals surface area contributed by atoms with E-state index >= 15 is 0 Å². The normalized spacial score (nSPS) is 15.3. The quantitative estimate of drug-likeness (QED) is 0.509. The van der Waals surface area contributed by atoms with Gasteiger partial charge in [0.05, 0.1) is 41.6 Å². The van der Waals surface area contributed by atoms with Crippen molar-refractivity contribution < 1.29 is 19.1 Å². The SMILES string of the molecule is COC(=O)C1=C(C)N=c2sc(=Cc3ccc(N(C)C)cc3)c(=O)n2C1c1ccc(C(=O)OC)cc1. The number of carbonyl (C=O) groups is 2. The first kappa shape index (κ1) is 24.2. The Morgan fingerprint density at radius 1 is 1.00 bits per heavy atom. The predicted molar refractivity (Wildman–Crippen MR) is 134 cm³/mol. The molecule has 0 bridgehead atoms. The summed E-state index contributed by atoms with van der Waals surface area (Å²) < 4.78 is 11.8. The lowest BCUT2D eigenvalue weighted by Gasteiger charge is -2.24. The number of methoxy groups -OCH3 is 2. The van der Waals surface area contributed by atoms with Gasteiger partial charge in [0.2, 0.25) is 0 Å². The van der Waals surface area contributed by atoms with Gasteiger partial charge in [-0.15, -0.1) is 0 Å². The van der Waals surface area contributed by atoms with Gasteiger partial charge in [-0.2, -0.15) is 0 Å². The molecule has 3 aromatic rings. The van der Waals surface area contributed by atoms with E-state index < -0.39 is 18.0 Å². The first-order chi connectivity index (χ1) is 16.7. The van der Waals surface area contributed by atoms with Crippen LogP contribution >= 0.6 is 11.3 Å². The molecule has 0 saturated heterocycles. The number of esters is 2. The summed E-state index contributed by atoms with van der Waals surface area (Å²) in [5.41, 5.74) is 3.43. The molecule has 2 aromatic carbocycles. The number of benzene rings is 2. The van der Waals surface area contributed by atoms with Crippen molar-refractivity contribution in [3.05, 3.63) is 96.2 Å². The summed E-state index contributed by atoms with van der Waals surface area (Å²) in [6, 6.07) is 13.7. The molecule has 2 heterocycles. The molecule has 35 heavy (non-hydrogen) atoms. The number of nitrogens with zero attached hydrogens (tertiary/aromatic N) is 3. The van der Waals surface area contributed by atoms with E-state index in [1.807, 2.05) is 49.3 Å². The Morgan fingerprint density at radius 3 is 2.20 bits per heavy atom. The van der Waals surface area contributed by atoms with Gasteiger partial charge in [-0.05, 0) is 48.4 Å². The molecule has 1 atom stereocenters. The number of fused-ring (bicyclic) bond motifs is 1. The van der Waals surface area contributed by atoms with Gasteiger partial charge in [-0.3, -0.25) is 9.36 Å². The predicted octanol–water partition coefficient (Wildman–Crippen LogP) is 2.26.